The zero-order valence-electron chi connectivity index (χ0n) is 73.6. The summed E-state index contributed by atoms with van der Waals surface area (Å²) in [6, 6.07) is -8.87. The number of fused-ring (bicyclic) bond motifs is 1. The second-order valence-corrected chi connectivity index (χ2v) is 31.3. The molecule has 0 heterocycles. The third-order valence-electron chi connectivity index (χ3n) is 20.3. The predicted molar refractivity (Wildman–Crippen MR) is 464 cm³/mol. The molecule has 0 aliphatic carbocycles. The fourth-order valence-corrected chi connectivity index (χ4v) is 12.5. The molecule has 2 aromatic rings. The summed E-state index contributed by atoms with van der Waals surface area (Å²) in [5.74, 6) is -27.1. The molecule has 2 aromatic carbocycles. The van der Waals surface area contributed by atoms with Gasteiger partial charge in [-0.25, -0.2) is 4.79 Å². The Morgan fingerprint density at radius 3 is 1.19 bits per heavy atom. The van der Waals surface area contributed by atoms with Crippen LogP contribution in [0.4, 0.5) is 0 Å². The minimum absolute atomic E-state index is 0.0117. The summed E-state index contributed by atoms with van der Waals surface area (Å²) in [4.78, 5) is 289. The Morgan fingerprint density at radius 1 is 0.357 bits per heavy atom. The van der Waals surface area contributed by atoms with Crippen molar-refractivity contribution in [1.82, 2.24) is 79.8 Å². The number of carboxylic acids is 3. The Morgan fingerprint density at radius 2 is 0.721 bits per heavy atom. The van der Waals surface area contributed by atoms with Crippen LogP contribution in [-0.2, 0) is 107 Å². The summed E-state index contributed by atoms with van der Waals surface area (Å²) in [6.07, 6.45) is -5.14. The Balaban J connectivity index is 2.39. The van der Waals surface area contributed by atoms with Gasteiger partial charge in [0, 0.05) is 32.4 Å². The highest BCUT2D eigenvalue weighted by Crippen LogP contribution is 2.20. The van der Waals surface area contributed by atoms with Crippen LogP contribution in [0.15, 0.2) is 52.4 Å². The van der Waals surface area contributed by atoms with E-state index in [0.717, 1.165) is 10.8 Å². The van der Waals surface area contributed by atoms with Gasteiger partial charge in [0.2, 0.25) is 106 Å². The van der Waals surface area contributed by atoms with Crippen LogP contribution in [0.5, 0.6) is 0 Å². The van der Waals surface area contributed by atoms with Crippen LogP contribution < -0.4 is 126 Å². The zero-order valence-corrected chi connectivity index (χ0v) is 73.6. The van der Waals surface area contributed by atoms with Gasteiger partial charge in [-0.3, -0.25) is 106 Å². The van der Waals surface area contributed by atoms with Crippen LogP contribution in [-0.4, -0.2) is 263 Å². The number of aliphatic imine (C=N–C) groups is 2. The summed E-state index contributed by atoms with van der Waals surface area (Å²) in [7, 11) is 0. The van der Waals surface area contributed by atoms with Crippen LogP contribution >= 0.6 is 0 Å². The first-order valence-corrected chi connectivity index (χ1v) is 41.8. The summed E-state index contributed by atoms with van der Waals surface area (Å²) >= 11 is 0. The Labute approximate surface area is 743 Å². The normalized spacial score (nSPS) is 14.7. The van der Waals surface area contributed by atoms with Gasteiger partial charge in [0.1, 0.15) is 78.5 Å². The number of hydrogen-bond donors (Lipinski definition) is 26. The number of primary amides is 3. The predicted octanol–water partition coefficient (Wildman–Crippen LogP) is -8.37. The molecule has 0 fully saturated rings. The maximum Gasteiger partial charge on any atom is 0.326 e. The molecule has 0 saturated carbocycles. The molecule has 0 saturated heterocycles. The van der Waals surface area contributed by atoms with Crippen molar-refractivity contribution in [2.45, 2.75) is 244 Å². The Kier molecular flexibility index (Phi) is 49.0. The number of nitrogens with one attached hydrogen (secondary N) is 15. The lowest BCUT2D eigenvalue weighted by Crippen LogP contribution is -2.61. The molecule has 0 unspecified atom stereocenters. The molecule has 129 heavy (non-hydrogen) atoms. The molecule has 0 aliphatic heterocycles. The second-order valence-electron chi connectivity index (χ2n) is 31.3. The topological polar surface area (TPSA) is 832 Å². The second kappa shape index (κ2) is 56.9. The number of carbonyl (C=O) groups is 21. The number of guanidine groups is 2. The smallest absolute Gasteiger partial charge is 0.326 e. The number of hydrogen-bond acceptors (Lipinski definition) is 24. The number of aliphatic carboxylic acids is 3. The molecule has 18 amide bonds. The highest BCUT2D eigenvalue weighted by Gasteiger charge is 2.40. The highest BCUT2D eigenvalue weighted by atomic mass is 16.4. The molecule has 2 rings (SSSR count). The van der Waals surface area contributed by atoms with E-state index >= 15 is 0 Å². The van der Waals surface area contributed by atoms with E-state index in [9.17, 15) is 116 Å². The average Bonchev–Trinajstić information content (AvgIpc) is 0.787. The highest BCUT2D eigenvalue weighted by molar-refractivity contribution is 6.02. The Hall–Kier alpha value is -13.9. The molecule has 716 valence electrons. The molecule has 49 nitrogen and oxygen atoms in total. The monoisotopic (exact) mass is 1820 g/mol. The van der Waals surface area contributed by atoms with E-state index in [4.69, 9.17) is 45.9 Å². The fourth-order valence-electron chi connectivity index (χ4n) is 12.5. The first kappa shape index (κ1) is 111. The number of benzene rings is 2. The van der Waals surface area contributed by atoms with Gasteiger partial charge in [0.05, 0.1) is 38.9 Å². The molecular weight excluding hydrogens is 1700 g/mol. The largest absolute Gasteiger partial charge is 0.481 e. The van der Waals surface area contributed by atoms with Gasteiger partial charge in [-0.1, -0.05) is 117 Å². The third kappa shape index (κ3) is 42.3. The quantitative estimate of drug-likeness (QED) is 0.0166. The number of amides is 18. The van der Waals surface area contributed by atoms with E-state index in [1.807, 2.05) is 23.5 Å². The number of carboxylic acid groups (broad SMARTS) is 3. The molecule has 0 aliphatic rings. The van der Waals surface area contributed by atoms with Gasteiger partial charge >= 0.3 is 17.9 Å². The lowest BCUT2D eigenvalue weighted by atomic mass is 9.94. The SMILES string of the molecule is CC[C@H](C)[C@H](NC(=O)[C@H](C)NC(=O)[C@H](CC(C)C)NC(=O)[C@H](CCC(N)=O)NC(=O)[C@H](CCCN=C(N)N)NC(=O)CNC(=O)[C@H](Cc1ccc2ccccc2c1)NC(=O)[C@H](CCC(N)=O)NC(=O)CN)C(=O)N[C@H](C(=O)NCC(=O)N[C@@H](CC(=O)O)C(=O)N[C@@H](CC(=O)O)C(=O)N[C@H](C(=O)N[C@@H](CC(N)=O)C(=O)N[C@@H](CCCN=C(N)N)C(=O)O)[C@@H](C)CC)[C@@H](C)CC. The van der Waals surface area contributed by atoms with Crippen molar-refractivity contribution in [2.24, 2.45) is 79.5 Å². The van der Waals surface area contributed by atoms with Gasteiger partial charge in [-0.2, -0.15) is 0 Å². The lowest BCUT2D eigenvalue weighted by Gasteiger charge is -2.30. The van der Waals surface area contributed by atoms with Crippen molar-refractivity contribution in [3.05, 3.63) is 48.0 Å². The van der Waals surface area contributed by atoms with E-state index in [1.54, 1.807) is 72.7 Å². The van der Waals surface area contributed by atoms with Gasteiger partial charge in [0.15, 0.2) is 11.9 Å². The standard InChI is InChI=1S/C80H127N25O24/c1-10-39(6)63(75(125)92-37-60(111)96-53(33-61(112)113)73(123)101-54(34-62(114)115)74(124)104-64(40(7)11-2)76(126)102-52(32-57(84)108)72(122)98-49(78(128)129)20-16-28-90-80(87)88)105-77(127)65(41(8)12-3)103-66(116)42(9)93-71(121)50(29-38(4)5)99-70(120)48(24-26-56(83)107)97-68(118)46(19-15-27-89-79(85)86)95-59(110)36-91-67(117)51(31-43-21-22-44-17-13-14-18-45(44)30-43)100-69(119)47(23-25-55(82)106)94-58(109)35-81/h13-14,17-18,21-22,30,38-42,46-54,63-65H,10-12,15-16,19-20,23-29,31-37,81H2,1-9H3,(H2,82,106)(H2,83,107)(H2,84,108)(H,91,117)(H,92,125)(H,93,121)(H,94,109)(H,95,110)(H,96,111)(H,97,118)(H,98,122)(H,99,120)(H,100,119)(H,101,123)(H,102,126)(H,103,116)(H,104,124)(H,105,127)(H,112,113)(H,114,115)(H,128,129)(H4,85,86,89)(H4,87,88,90)/t39-,40-,41-,42-,46-,47-,48-,49-,50-,51-,52-,53-,54-,63-,64-,65-/m0/s1. The van der Waals surface area contributed by atoms with Crippen molar-refractivity contribution in [1.29, 1.82) is 0 Å². The molecule has 0 bridgehead atoms. The maximum absolute atomic E-state index is 14.4. The number of nitrogens with two attached hydrogens (primary N) is 8. The van der Waals surface area contributed by atoms with Crippen molar-refractivity contribution in [3.63, 3.8) is 0 Å². The molecule has 16 atom stereocenters. The third-order valence-corrected chi connectivity index (χ3v) is 20.3. The van der Waals surface area contributed by atoms with Crippen molar-refractivity contribution >= 4 is 147 Å². The van der Waals surface area contributed by atoms with Gasteiger partial charge in [-0.15, -0.1) is 0 Å². The van der Waals surface area contributed by atoms with E-state index < -0.39 is 272 Å². The van der Waals surface area contributed by atoms with Crippen molar-refractivity contribution in [3.8, 4) is 0 Å². The summed E-state index contributed by atoms with van der Waals surface area (Å²) in [5, 5.41) is 66.8. The van der Waals surface area contributed by atoms with Crippen LogP contribution in [0, 0.1) is 23.7 Å². The number of nitrogens with zero attached hydrogens (tertiary/aromatic N) is 2. The molecule has 0 radical (unpaired) electrons. The van der Waals surface area contributed by atoms with Crippen LogP contribution in [0.25, 0.3) is 10.8 Å². The maximum atomic E-state index is 14.4. The molecule has 0 spiro atoms. The fraction of sp³-hybridized carbons (Fsp3) is 0.588. The van der Waals surface area contributed by atoms with Crippen LogP contribution in [0.3, 0.4) is 0 Å². The molecule has 49 heteroatoms. The Bertz CT molecular complexity index is 4350. The first-order chi connectivity index (χ1) is 60.5. The zero-order chi connectivity index (χ0) is 97.6. The minimum atomic E-state index is -2.13. The van der Waals surface area contributed by atoms with E-state index in [-0.39, 0.29) is 102 Å². The van der Waals surface area contributed by atoms with Gasteiger partial charge in [-0.05, 0) is 91.9 Å². The average molecular weight is 1820 g/mol. The van der Waals surface area contributed by atoms with E-state index in [0.29, 0.717) is 5.56 Å². The molecule has 34 N–H and O–H groups in total. The minimum Gasteiger partial charge on any atom is -0.481 e. The lowest BCUT2D eigenvalue weighted by molar-refractivity contribution is -0.143. The van der Waals surface area contributed by atoms with Crippen molar-refractivity contribution < 1.29 is 116 Å². The van der Waals surface area contributed by atoms with Crippen molar-refractivity contribution in [2.75, 3.05) is 32.7 Å². The molecule has 0 aromatic heterocycles. The van der Waals surface area contributed by atoms with E-state index in [2.05, 4.69) is 84.4 Å². The van der Waals surface area contributed by atoms with Gasteiger partial charge < -0.3 is 141 Å². The van der Waals surface area contributed by atoms with Gasteiger partial charge in [0.25, 0.3) is 0 Å². The number of carbonyl (C=O) groups excluding carboxylic acids is 18. The first-order valence-electron chi connectivity index (χ1n) is 41.8. The van der Waals surface area contributed by atoms with Crippen LogP contribution in [0.1, 0.15) is 164 Å². The summed E-state index contributed by atoms with van der Waals surface area (Å²) < 4.78 is 0. The summed E-state index contributed by atoms with van der Waals surface area (Å²) in [6.45, 7) is 11.5. The van der Waals surface area contributed by atoms with Crippen LogP contribution in [0.2, 0.25) is 0 Å². The summed E-state index contributed by atoms with van der Waals surface area (Å²) in [5.41, 5.74) is 43.9. The van der Waals surface area contributed by atoms with E-state index in [1.165, 1.54) is 13.8 Å². The molecular formula is C80H127N25O24. The number of rotatable bonds is 61.